The summed E-state index contributed by atoms with van der Waals surface area (Å²) in [5.41, 5.74) is 1.54. The summed E-state index contributed by atoms with van der Waals surface area (Å²) in [6, 6.07) is 4.47. The van der Waals surface area contributed by atoms with Crippen molar-refractivity contribution in [2.24, 2.45) is 0 Å². The molecule has 1 amide bonds. The summed E-state index contributed by atoms with van der Waals surface area (Å²) < 4.78 is 13.7. The molecule has 0 fully saturated rings. The Hall–Kier alpha value is 0.674. The number of halogens is 3. The predicted octanol–water partition coefficient (Wildman–Crippen LogP) is 3.79. The molecule has 99 valence electrons. The van der Waals surface area contributed by atoms with Crippen LogP contribution < -0.4 is 0 Å². The standard InChI is InChI=1S/C13H11BrFINO.Y/c1-2-17-12(6-5-11(16)13(17)18)9-4-3-8(15)7-10(9)14;/h3-4,7,11H,2,5H2,1H3;/q-1;. The molecule has 1 aliphatic heterocycles. The van der Waals surface area contributed by atoms with E-state index in [1.165, 1.54) is 12.1 Å². The molecule has 2 rings (SSSR count). The Morgan fingerprint density at radius 3 is 2.84 bits per heavy atom. The van der Waals surface area contributed by atoms with Gasteiger partial charge in [0.1, 0.15) is 5.82 Å². The molecule has 1 aromatic rings. The van der Waals surface area contributed by atoms with Gasteiger partial charge in [-0.05, 0) is 19.1 Å². The molecule has 1 unspecified atom stereocenters. The van der Waals surface area contributed by atoms with E-state index < -0.39 is 0 Å². The zero-order valence-electron chi connectivity index (χ0n) is 10.3. The molecule has 0 saturated heterocycles. The minimum atomic E-state index is -0.303. The van der Waals surface area contributed by atoms with Gasteiger partial charge >= 0.3 is 0 Å². The van der Waals surface area contributed by atoms with Crippen molar-refractivity contribution < 1.29 is 41.9 Å². The molecule has 19 heavy (non-hydrogen) atoms. The summed E-state index contributed by atoms with van der Waals surface area (Å²) in [5.74, 6) is -0.216. The number of benzene rings is 1. The monoisotopic (exact) mass is 511 g/mol. The first-order chi connectivity index (χ1) is 8.54. The summed E-state index contributed by atoms with van der Waals surface area (Å²) in [7, 11) is 0. The van der Waals surface area contributed by atoms with Gasteiger partial charge in [-0.25, -0.2) is 10.5 Å². The van der Waals surface area contributed by atoms with Crippen molar-refractivity contribution in [3.05, 3.63) is 40.1 Å². The minimum absolute atomic E-state index is 0. The van der Waals surface area contributed by atoms with Crippen LogP contribution in [0.2, 0.25) is 0 Å². The van der Waals surface area contributed by atoms with Crippen molar-refractivity contribution >= 4 is 50.1 Å². The first-order valence-corrected chi connectivity index (χ1v) is 7.60. The molecule has 1 radical (unpaired) electrons. The van der Waals surface area contributed by atoms with Gasteiger partial charge < -0.3 is 4.90 Å². The maximum absolute atomic E-state index is 13.1. The van der Waals surface area contributed by atoms with Gasteiger partial charge in [-0.15, -0.1) is 17.3 Å². The van der Waals surface area contributed by atoms with Gasteiger partial charge in [0.25, 0.3) is 0 Å². The quantitative estimate of drug-likeness (QED) is 0.336. The molecule has 1 atom stereocenters. The third-order valence-corrected chi connectivity index (χ3v) is 4.38. The van der Waals surface area contributed by atoms with Crippen molar-refractivity contribution in [3.63, 3.8) is 0 Å². The van der Waals surface area contributed by atoms with Crippen molar-refractivity contribution in [1.29, 1.82) is 0 Å². The first kappa shape index (κ1) is 17.7. The first-order valence-electron chi connectivity index (χ1n) is 5.56. The molecule has 1 heterocycles. The van der Waals surface area contributed by atoms with Gasteiger partial charge in [0.2, 0.25) is 5.91 Å². The van der Waals surface area contributed by atoms with Gasteiger partial charge in [-0.1, -0.05) is 49.4 Å². The number of rotatable bonds is 2. The largest absolute Gasteiger partial charge is 0.347 e. The Morgan fingerprint density at radius 1 is 1.58 bits per heavy atom. The number of alkyl halides is 1. The molecular formula is C13H11BrFINOY-. The topological polar surface area (TPSA) is 20.3 Å². The average molecular weight is 512 g/mol. The van der Waals surface area contributed by atoms with Gasteiger partial charge in [-0.2, -0.15) is 0 Å². The summed E-state index contributed by atoms with van der Waals surface area (Å²) in [6.07, 6.45) is 3.83. The molecular weight excluding hydrogens is 501 g/mol. The molecule has 0 bridgehead atoms. The van der Waals surface area contributed by atoms with Crippen LogP contribution in [0.15, 0.2) is 22.7 Å². The molecule has 0 aromatic heterocycles. The summed E-state index contributed by atoms with van der Waals surface area (Å²) in [5, 5.41) is 0. The molecule has 6 heteroatoms. The van der Waals surface area contributed by atoms with Crippen LogP contribution >= 0.6 is 38.5 Å². The number of carbonyl (C=O) groups excluding carboxylic acids is 1. The Kier molecular flexibility index (Phi) is 7.11. The molecule has 0 aliphatic carbocycles. The summed E-state index contributed by atoms with van der Waals surface area (Å²) >= 11 is 5.46. The normalized spacial score (nSPS) is 18.9. The Morgan fingerprint density at radius 2 is 2.26 bits per heavy atom. The van der Waals surface area contributed by atoms with Crippen molar-refractivity contribution in [2.75, 3.05) is 6.54 Å². The third kappa shape index (κ3) is 3.86. The molecule has 1 aliphatic rings. The Labute approximate surface area is 159 Å². The van der Waals surface area contributed by atoms with E-state index in [4.69, 9.17) is 0 Å². The maximum Gasteiger partial charge on any atom is 0.235 e. The van der Waals surface area contributed by atoms with Gasteiger partial charge in [0.05, 0.1) is 3.92 Å². The number of nitrogens with zero attached hydrogens (tertiary/aromatic N) is 1. The van der Waals surface area contributed by atoms with E-state index in [0.717, 1.165) is 11.3 Å². The van der Waals surface area contributed by atoms with E-state index in [-0.39, 0.29) is 48.4 Å². The van der Waals surface area contributed by atoms with Crippen LogP contribution in [0.25, 0.3) is 5.70 Å². The number of carbonyl (C=O) groups is 1. The van der Waals surface area contributed by atoms with E-state index in [1.807, 2.05) is 6.92 Å². The second-order valence-corrected chi connectivity index (χ2v) is 6.26. The van der Waals surface area contributed by atoms with Crippen molar-refractivity contribution in [3.8, 4) is 0 Å². The second kappa shape index (κ2) is 7.62. The fourth-order valence-corrected chi connectivity index (χ4v) is 2.98. The van der Waals surface area contributed by atoms with E-state index in [0.29, 0.717) is 17.4 Å². The van der Waals surface area contributed by atoms with Crippen molar-refractivity contribution in [2.45, 2.75) is 17.3 Å². The summed E-state index contributed by atoms with van der Waals surface area (Å²) in [6.45, 7) is 2.51. The molecule has 1 aromatic carbocycles. The van der Waals surface area contributed by atoms with Crippen molar-refractivity contribution in [1.82, 2.24) is 4.90 Å². The smallest absolute Gasteiger partial charge is 0.235 e. The molecule has 0 saturated carbocycles. The number of hydrogen-bond donors (Lipinski definition) is 0. The average Bonchev–Trinajstić information content (AvgIpc) is 2.33. The van der Waals surface area contributed by atoms with E-state index in [2.05, 4.69) is 44.6 Å². The SMILES string of the molecule is CCN1C(=O)C(I)C[C-]=C1c1ccc(F)cc1Br.[Y]. The van der Waals surface area contributed by atoms with Gasteiger partial charge in [0.15, 0.2) is 0 Å². The number of allylic oxidation sites excluding steroid dienone is 1. The zero-order chi connectivity index (χ0) is 13.3. The van der Waals surface area contributed by atoms with Gasteiger partial charge in [-0.3, -0.25) is 4.79 Å². The van der Waals surface area contributed by atoms with Crippen LogP contribution in [0.3, 0.4) is 0 Å². The fourth-order valence-electron chi connectivity index (χ4n) is 1.88. The Balaban J connectivity index is 0.00000180. The second-order valence-electron chi connectivity index (χ2n) is 3.90. The van der Waals surface area contributed by atoms with E-state index in [1.54, 1.807) is 11.0 Å². The molecule has 0 spiro atoms. The van der Waals surface area contributed by atoms with E-state index in [9.17, 15) is 9.18 Å². The Bertz CT molecular complexity index is 523. The minimum Gasteiger partial charge on any atom is -0.347 e. The van der Waals surface area contributed by atoms with Crippen LogP contribution in [-0.4, -0.2) is 21.3 Å². The predicted molar refractivity (Wildman–Crippen MR) is 80.6 cm³/mol. The zero-order valence-corrected chi connectivity index (χ0v) is 16.9. The van der Waals surface area contributed by atoms with Crippen LogP contribution in [0, 0.1) is 11.9 Å². The maximum atomic E-state index is 13.1. The van der Waals surface area contributed by atoms with Crippen LogP contribution in [0.5, 0.6) is 0 Å². The molecule has 2 nitrogen and oxygen atoms in total. The number of hydrogen-bond acceptors (Lipinski definition) is 1. The van der Waals surface area contributed by atoms with E-state index >= 15 is 0 Å². The summed E-state index contributed by atoms with van der Waals surface area (Å²) in [4.78, 5) is 13.8. The van der Waals surface area contributed by atoms with Gasteiger partial charge in [0, 0.05) is 39.3 Å². The van der Waals surface area contributed by atoms with Crippen LogP contribution in [-0.2, 0) is 37.5 Å². The fraction of sp³-hybridized carbons (Fsp3) is 0.308. The third-order valence-electron chi connectivity index (χ3n) is 2.76. The number of amides is 1. The molecule has 0 N–H and O–H groups in total. The van der Waals surface area contributed by atoms with Crippen LogP contribution in [0.4, 0.5) is 4.39 Å². The van der Waals surface area contributed by atoms with Crippen LogP contribution in [0.1, 0.15) is 18.9 Å².